The molecule has 0 radical (unpaired) electrons. The lowest BCUT2D eigenvalue weighted by Gasteiger charge is -2.36. The Bertz CT molecular complexity index is 2640. The van der Waals surface area contributed by atoms with Crippen LogP contribution in [0.5, 0.6) is 0 Å². The lowest BCUT2D eigenvalue weighted by Crippen LogP contribution is -2.28. The van der Waals surface area contributed by atoms with Gasteiger partial charge in [-0.3, -0.25) is 0 Å². The molecular weight excluding hydrogens is 645 g/mol. The molecule has 1 heterocycles. The molecule has 0 bridgehead atoms. The zero-order valence-corrected chi connectivity index (χ0v) is 30.0. The highest BCUT2D eigenvalue weighted by molar-refractivity contribution is 5.88. The first-order valence-corrected chi connectivity index (χ1v) is 18.8. The van der Waals surface area contributed by atoms with Crippen LogP contribution >= 0.6 is 0 Å². The van der Waals surface area contributed by atoms with Gasteiger partial charge in [0.25, 0.3) is 0 Å². The van der Waals surface area contributed by atoms with Crippen LogP contribution in [-0.4, -0.2) is 15.0 Å². The van der Waals surface area contributed by atoms with E-state index in [1.807, 2.05) is 24.3 Å². The van der Waals surface area contributed by atoms with E-state index in [4.69, 9.17) is 15.0 Å². The number of nitriles is 1. The summed E-state index contributed by atoms with van der Waals surface area (Å²) in [6.07, 6.45) is 5.85. The van der Waals surface area contributed by atoms with Crippen molar-refractivity contribution in [2.45, 2.75) is 56.8 Å². The average Bonchev–Trinajstić information content (AvgIpc) is 3.61. The van der Waals surface area contributed by atoms with Gasteiger partial charge in [-0.2, -0.15) is 5.26 Å². The summed E-state index contributed by atoms with van der Waals surface area (Å²) in [4.78, 5) is 15.5. The molecule has 10 rings (SSSR count). The summed E-state index contributed by atoms with van der Waals surface area (Å²) in [7, 11) is 0. The highest BCUT2D eigenvalue weighted by atomic mass is 15.0. The molecular formula is C49H38N4. The fraction of sp³-hybridized carbons (Fsp3) is 0.184. The first kappa shape index (κ1) is 31.5. The van der Waals surface area contributed by atoms with E-state index in [1.54, 1.807) is 0 Å². The molecule has 1 spiro atoms. The van der Waals surface area contributed by atoms with Crippen LogP contribution < -0.4 is 0 Å². The van der Waals surface area contributed by atoms with E-state index in [2.05, 4.69) is 129 Å². The Hall–Kier alpha value is -6.18. The van der Waals surface area contributed by atoms with Crippen molar-refractivity contribution in [3.8, 4) is 73.6 Å². The lowest BCUT2D eigenvalue weighted by atomic mass is 9.67. The van der Waals surface area contributed by atoms with Crippen molar-refractivity contribution in [1.82, 2.24) is 15.0 Å². The number of nitrogens with zero attached hydrogens (tertiary/aromatic N) is 4. The third-order valence-corrected chi connectivity index (χ3v) is 12.2. The maximum absolute atomic E-state index is 9.82. The topological polar surface area (TPSA) is 62.5 Å². The van der Waals surface area contributed by atoms with E-state index >= 15 is 0 Å². The number of aromatic nitrogens is 3. The van der Waals surface area contributed by atoms with Crippen molar-refractivity contribution in [3.05, 3.63) is 161 Å². The van der Waals surface area contributed by atoms with Gasteiger partial charge in [-0.1, -0.05) is 142 Å². The molecule has 254 valence electrons. The van der Waals surface area contributed by atoms with Gasteiger partial charge in [0, 0.05) is 27.5 Å². The normalized spacial score (nSPS) is 15.6. The van der Waals surface area contributed by atoms with Gasteiger partial charge in [0.2, 0.25) is 0 Å². The van der Waals surface area contributed by atoms with E-state index in [9.17, 15) is 5.26 Å². The van der Waals surface area contributed by atoms with Crippen LogP contribution in [0.2, 0.25) is 0 Å². The van der Waals surface area contributed by atoms with Gasteiger partial charge in [-0.15, -0.1) is 0 Å². The SMILES string of the molecule is CC1(C)c2ccccc2-c2cc(-c3nc(-c4ccccc4)nc(-c4ccccc4-c4ccc5c(c4)C4(CCCCC4)c4cc(C#N)ccc4-5)n3)ccc21. The van der Waals surface area contributed by atoms with Crippen molar-refractivity contribution in [2.24, 2.45) is 0 Å². The molecule has 0 unspecified atom stereocenters. The van der Waals surface area contributed by atoms with Crippen LogP contribution in [0.4, 0.5) is 0 Å². The minimum Gasteiger partial charge on any atom is -0.208 e. The molecule has 0 saturated heterocycles. The number of benzene rings is 6. The monoisotopic (exact) mass is 682 g/mol. The molecule has 7 aromatic rings. The van der Waals surface area contributed by atoms with Gasteiger partial charge < -0.3 is 0 Å². The zero-order valence-electron chi connectivity index (χ0n) is 30.0. The zero-order chi connectivity index (χ0) is 35.7. The summed E-state index contributed by atoms with van der Waals surface area (Å²) in [6.45, 7) is 4.61. The summed E-state index contributed by atoms with van der Waals surface area (Å²) in [5.74, 6) is 1.97. The average molecular weight is 683 g/mol. The Morgan fingerprint density at radius 1 is 0.453 bits per heavy atom. The van der Waals surface area contributed by atoms with E-state index in [-0.39, 0.29) is 10.8 Å². The smallest absolute Gasteiger partial charge is 0.164 e. The van der Waals surface area contributed by atoms with Gasteiger partial charge in [0.1, 0.15) is 0 Å². The molecule has 3 aliphatic rings. The molecule has 4 heteroatoms. The minimum absolute atomic E-state index is 0.0672. The maximum atomic E-state index is 9.82. The highest BCUT2D eigenvalue weighted by Gasteiger charge is 2.44. The Morgan fingerprint density at radius 3 is 1.81 bits per heavy atom. The minimum atomic E-state index is -0.0751. The molecule has 4 nitrogen and oxygen atoms in total. The molecule has 1 fully saturated rings. The van der Waals surface area contributed by atoms with Crippen LogP contribution in [0.1, 0.15) is 73.8 Å². The van der Waals surface area contributed by atoms with Crippen LogP contribution in [0.3, 0.4) is 0 Å². The summed E-state index contributed by atoms with van der Waals surface area (Å²) in [5.41, 5.74) is 16.2. The van der Waals surface area contributed by atoms with Gasteiger partial charge >= 0.3 is 0 Å². The van der Waals surface area contributed by atoms with Crippen molar-refractivity contribution in [3.63, 3.8) is 0 Å². The molecule has 0 atom stereocenters. The summed E-state index contributed by atoms with van der Waals surface area (Å²) >= 11 is 0. The van der Waals surface area contributed by atoms with Crippen LogP contribution in [0.25, 0.3) is 67.5 Å². The van der Waals surface area contributed by atoms with Gasteiger partial charge in [0.15, 0.2) is 17.5 Å². The third kappa shape index (κ3) is 4.84. The second kappa shape index (κ2) is 11.9. The number of rotatable bonds is 4. The van der Waals surface area contributed by atoms with Crippen molar-refractivity contribution >= 4 is 0 Å². The Morgan fingerprint density at radius 2 is 1.04 bits per heavy atom. The molecule has 1 saturated carbocycles. The fourth-order valence-corrected chi connectivity index (χ4v) is 9.56. The molecule has 1 aromatic heterocycles. The van der Waals surface area contributed by atoms with Crippen LogP contribution in [0.15, 0.2) is 133 Å². The van der Waals surface area contributed by atoms with E-state index in [1.165, 1.54) is 63.8 Å². The second-order valence-corrected chi connectivity index (χ2v) is 15.4. The van der Waals surface area contributed by atoms with Gasteiger partial charge in [0.05, 0.1) is 11.6 Å². The molecule has 53 heavy (non-hydrogen) atoms. The van der Waals surface area contributed by atoms with Crippen molar-refractivity contribution in [2.75, 3.05) is 0 Å². The Kier molecular flexibility index (Phi) is 7.10. The van der Waals surface area contributed by atoms with E-state index in [0.717, 1.165) is 46.2 Å². The van der Waals surface area contributed by atoms with Crippen molar-refractivity contribution in [1.29, 1.82) is 5.26 Å². The standard InChI is InChI=1S/C49H38N4/c1-48(2)41-18-10-9-16-36(41)40-28-34(21-24-42(40)48)46-51-45(32-13-5-3-6-14-32)52-47(53-46)39-17-8-7-15-35(39)33-20-23-38-37-22-19-31(30-50)27-43(37)49(44(38)29-33)25-11-4-12-26-49/h3,5-10,13-24,27-29H,4,11-12,25-26H2,1-2H3. The number of fused-ring (bicyclic) bond motifs is 8. The largest absolute Gasteiger partial charge is 0.208 e. The first-order chi connectivity index (χ1) is 25.9. The van der Waals surface area contributed by atoms with E-state index in [0.29, 0.717) is 17.5 Å². The predicted molar refractivity (Wildman–Crippen MR) is 213 cm³/mol. The van der Waals surface area contributed by atoms with Crippen molar-refractivity contribution < 1.29 is 0 Å². The maximum Gasteiger partial charge on any atom is 0.164 e. The quantitative estimate of drug-likeness (QED) is 0.185. The summed E-state index contributed by atoms with van der Waals surface area (Å²) < 4.78 is 0. The molecule has 0 N–H and O–H groups in total. The van der Waals surface area contributed by atoms with Gasteiger partial charge in [-0.25, -0.2) is 15.0 Å². The lowest BCUT2D eigenvalue weighted by molar-refractivity contribution is 0.353. The Labute approximate surface area is 310 Å². The second-order valence-electron chi connectivity index (χ2n) is 15.4. The Balaban J connectivity index is 1.13. The van der Waals surface area contributed by atoms with Crippen LogP contribution in [0, 0.1) is 11.3 Å². The fourth-order valence-electron chi connectivity index (χ4n) is 9.56. The van der Waals surface area contributed by atoms with Crippen LogP contribution in [-0.2, 0) is 10.8 Å². The summed E-state index contributed by atoms with van der Waals surface area (Å²) in [6, 6.07) is 49.8. The number of hydrogen-bond donors (Lipinski definition) is 0. The van der Waals surface area contributed by atoms with E-state index < -0.39 is 0 Å². The molecule has 0 aliphatic heterocycles. The highest BCUT2D eigenvalue weighted by Crippen LogP contribution is 2.57. The number of hydrogen-bond acceptors (Lipinski definition) is 4. The summed E-state index contributed by atoms with van der Waals surface area (Å²) in [5, 5.41) is 9.82. The first-order valence-electron chi connectivity index (χ1n) is 18.8. The molecule has 6 aromatic carbocycles. The van der Waals surface area contributed by atoms with Gasteiger partial charge in [-0.05, 0) is 92.7 Å². The molecule has 0 amide bonds. The molecule has 3 aliphatic carbocycles. The third-order valence-electron chi connectivity index (χ3n) is 12.2. The predicted octanol–water partition coefficient (Wildman–Crippen LogP) is 11.9.